The van der Waals surface area contributed by atoms with E-state index < -0.39 is 0 Å². The quantitative estimate of drug-likeness (QED) is 0.641. The van der Waals surface area contributed by atoms with E-state index in [1.165, 1.54) is 6.26 Å². The highest BCUT2D eigenvalue weighted by molar-refractivity contribution is 6.05. The van der Waals surface area contributed by atoms with Crippen LogP contribution < -0.4 is 5.32 Å². The Morgan fingerprint density at radius 3 is 2.47 bits per heavy atom. The number of rotatable bonds is 8. The number of hydrogen-bond acceptors (Lipinski definition) is 4. The van der Waals surface area contributed by atoms with Gasteiger partial charge in [0.1, 0.15) is 11.5 Å². The Kier molecular flexibility index (Phi) is 8.25. The second kappa shape index (κ2) is 11.3. The Bertz CT molecular complexity index is 929. The van der Waals surface area contributed by atoms with E-state index in [1.54, 1.807) is 52.3 Å². The fourth-order valence-corrected chi connectivity index (χ4v) is 3.77. The van der Waals surface area contributed by atoms with E-state index in [1.807, 2.05) is 13.1 Å². The molecule has 0 aliphatic carbocycles. The van der Waals surface area contributed by atoms with Crippen molar-refractivity contribution in [2.75, 3.05) is 26.7 Å². The summed E-state index contributed by atoms with van der Waals surface area (Å²) in [6.07, 6.45) is 6.31. The van der Waals surface area contributed by atoms with Gasteiger partial charge in [-0.3, -0.25) is 14.4 Å². The number of likely N-dealkylation sites (tertiary alicyclic amines) is 1. The molecular formula is C25H31N3O4. The zero-order chi connectivity index (χ0) is 22.9. The van der Waals surface area contributed by atoms with E-state index in [9.17, 15) is 14.4 Å². The molecule has 1 aromatic carbocycles. The smallest absolute Gasteiger partial charge is 0.270 e. The number of unbranched alkanes of at least 4 members (excludes halogenated alkanes) is 1. The predicted octanol–water partition coefficient (Wildman–Crippen LogP) is 3.55. The third-order valence-electron chi connectivity index (χ3n) is 5.70. The lowest BCUT2D eigenvalue weighted by Crippen LogP contribution is -2.45. The molecule has 0 saturated carbocycles. The van der Waals surface area contributed by atoms with E-state index in [4.69, 9.17) is 4.42 Å². The first kappa shape index (κ1) is 23.3. The number of furan rings is 1. The standard InChI is InChI=1S/C25H31N3O4/c1-3-4-14-27(2)24(30)20-12-15-28(16-13-20)25(31)22(18-21-11-8-17-32-21)26-23(29)19-9-6-5-7-10-19/h5-11,17-18,20H,3-4,12-16H2,1-2H3,(H,26,29)/b22-18-. The van der Waals surface area contributed by atoms with Crippen LogP contribution in [0.3, 0.4) is 0 Å². The van der Waals surface area contributed by atoms with E-state index >= 15 is 0 Å². The van der Waals surface area contributed by atoms with Gasteiger partial charge >= 0.3 is 0 Å². The molecule has 0 bridgehead atoms. The molecule has 1 aromatic heterocycles. The van der Waals surface area contributed by atoms with Crippen LogP contribution in [0.2, 0.25) is 0 Å². The molecular weight excluding hydrogens is 406 g/mol. The Labute approximate surface area is 189 Å². The van der Waals surface area contributed by atoms with Crippen molar-refractivity contribution in [2.24, 2.45) is 5.92 Å². The van der Waals surface area contributed by atoms with Crippen molar-refractivity contribution < 1.29 is 18.8 Å². The van der Waals surface area contributed by atoms with Gasteiger partial charge in [0.25, 0.3) is 11.8 Å². The number of carbonyl (C=O) groups is 3. The van der Waals surface area contributed by atoms with Crippen LogP contribution in [-0.2, 0) is 9.59 Å². The third kappa shape index (κ3) is 6.09. The Morgan fingerprint density at radius 2 is 1.84 bits per heavy atom. The molecule has 7 nitrogen and oxygen atoms in total. The summed E-state index contributed by atoms with van der Waals surface area (Å²) in [6, 6.07) is 12.2. The number of amides is 3. The van der Waals surface area contributed by atoms with Gasteiger partial charge in [0, 0.05) is 44.2 Å². The van der Waals surface area contributed by atoms with E-state index in [0.29, 0.717) is 37.3 Å². The maximum atomic E-state index is 13.2. The van der Waals surface area contributed by atoms with Crippen molar-refractivity contribution in [1.82, 2.24) is 15.1 Å². The largest absolute Gasteiger partial charge is 0.465 e. The molecule has 0 atom stereocenters. The summed E-state index contributed by atoms with van der Waals surface area (Å²) in [5.74, 6) is -0.0915. The molecule has 170 valence electrons. The summed E-state index contributed by atoms with van der Waals surface area (Å²) in [6.45, 7) is 3.80. The molecule has 7 heteroatoms. The minimum absolute atomic E-state index is 0.0719. The van der Waals surface area contributed by atoms with Gasteiger partial charge < -0.3 is 19.5 Å². The van der Waals surface area contributed by atoms with Crippen molar-refractivity contribution in [3.8, 4) is 0 Å². The lowest BCUT2D eigenvalue weighted by atomic mass is 9.95. The molecule has 1 aliphatic heterocycles. The molecule has 1 fully saturated rings. The van der Waals surface area contributed by atoms with Crippen molar-refractivity contribution >= 4 is 23.8 Å². The molecule has 2 heterocycles. The molecule has 1 aliphatic rings. The Balaban J connectivity index is 1.67. The summed E-state index contributed by atoms with van der Waals surface area (Å²) in [7, 11) is 1.85. The predicted molar refractivity (Wildman–Crippen MR) is 122 cm³/mol. The zero-order valence-electron chi connectivity index (χ0n) is 18.8. The first-order valence-corrected chi connectivity index (χ1v) is 11.2. The molecule has 0 unspecified atom stereocenters. The van der Waals surface area contributed by atoms with Crippen molar-refractivity contribution in [3.63, 3.8) is 0 Å². The average molecular weight is 438 g/mol. The summed E-state index contributed by atoms with van der Waals surface area (Å²) < 4.78 is 5.35. The molecule has 32 heavy (non-hydrogen) atoms. The topological polar surface area (TPSA) is 82.9 Å². The first-order chi connectivity index (χ1) is 15.5. The lowest BCUT2D eigenvalue weighted by molar-refractivity contribution is -0.138. The molecule has 3 amide bonds. The Hall–Kier alpha value is -3.35. The monoisotopic (exact) mass is 437 g/mol. The highest BCUT2D eigenvalue weighted by Gasteiger charge is 2.30. The van der Waals surface area contributed by atoms with Crippen LogP contribution in [0.15, 0.2) is 58.8 Å². The van der Waals surface area contributed by atoms with Crippen molar-refractivity contribution in [2.45, 2.75) is 32.6 Å². The number of carbonyl (C=O) groups excluding carboxylic acids is 3. The van der Waals surface area contributed by atoms with Gasteiger partial charge in [-0.05, 0) is 43.5 Å². The molecule has 1 N–H and O–H groups in total. The highest BCUT2D eigenvalue weighted by Crippen LogP contribution is 2.21. The molecule has 0 radical (unpaired) electrons. The van der Waals surface area contributed by atoms with E-state index in [-0.39, 0.29) is 29.3 Å². The van der Waals surface area contributed by atoms with Crippen LogP contribution in [0.25, 0.3) is 6.08 Å². The van der Waals surface area contributed by atoms with Gasteiger partial charge in [-0.15, -0.1) is 0 Å². The SMILES string of the molecule is CCCCN(C)C(=O)C1CCN(C(=O)/C(=C/c2ccco2)NC(=O)c2ccccc2)CC1. The minimum Gasteiger partial charge on any atom is -0.465 e. The lowest BCUT2D eigenvalue weighted by Gasteiger charge is -2.33. The van der Waals surface area contributed by atoms with E-state index in [2.05, 4.69) is 12.2 Å². The summed E-state index contributed by atoms with van der Waals surface area (Å²) >= 11 is 0. The van der Waals surface area contributed by atoms with Gasteiger partial charge in [-0.2, -0.15) is 0 Å². The van der Waals surface area contributed by atoms with Crippen LogP contribution in [0, 0.1) is 5.92 Å². The van der Waals surface area contributed by atoms with Crippen LogP contribution >= 0.6 is 0 Å². The number of piperidine rings is 1. The number of nitrogens with one attached hydrogen (secondary N) is 1. The van der Waals surface area contributed by atoms with Crippen LogP contribution in [0.4, 0.5) is 0 Å². The van der Waals surface area contributed by atoms with Crippen LogP contribution in [0.5, 0.6) is 0 Å². The van der Waals surface area contributed by atoms with Gasteiger partial charge in [-0.1, -0.05) is 31.5 Å². The third-order valence-corrected chi connectivity index (χ3v) is 5.70. The van der Waals surface area contributed by atoms with Gasteiger partial charge in [0.05, 0.1) is 6.26 Å². The first-order valence-electron chi connectivity index (χ1n) is 11.2. The summed E-state index contributed by atoms with van der Waals surface area (Å²) in [4.78, 5) is 42.1. The molecule has 3 rings (SSSR count). The molecule has 0 spiro atoms. The molecule has 1 saturated heterocycles. The zero-order valence-corrected chi connectivity index (χ0v) is 18.8. The second-order valence-corrected chi connectivity index (χ2v) is 8.07. The normalized spacial score (nSPS) is 14.8. The second-order valence-electron chi connectivity index (χ2n) is 8.07. The Morgan fingerprint density at radius 1 is 1.12 bits per heavy atom. The van der Waals surface area contributed by atoms with Crippen molar-refractivity contribution in [1.29, 1.82) is 0 Å². The fourth-order valence-electron chi connectivity index (χ4n) is 3.77. The minimum atomic E-state index is -0.362. The fraction of sp³-hybridized carbons (Fsp3) is 0.400. The maximum Gasteiger partial charge on any atom is 0.270 e. The van der Waals surface area contributed by atoms with E-state index in [0.717, 1.165) is 19.4 Å². The molecule has 2 aromatic rings. The van der Waals surface area contributed by atoms with Crippen LogP contribution in [-0.4, -0.2) is 54.2 Å². The maximum absolute atomic E-state index is 13.2. The van der Waals surface area contributed by atoms with Gasteiger partial charge in [0.2, 0.25) is 5.91 Å². The van der Waals surface area contributed by atoms with Crippen molar-refractivity contribution in [3.05, 3.63) is 65.7 Å². The summed E-state index contributed by atoms with van der Waals surface area (Å²) in [5.41, 5.74) is 0.615. The van der Waals surface area contributed by atoms with Crippen LogP contribution in [0.1, 0.15) is 48.7 Å². The van der Waals surface area contributed by atoms with Gasteiger partial charge in [-0.25, -0.2) is 0 Å². The summed E-state index contributed by atoms with van der Waals surface area (Å²) in [5, 5.41) is 2.74. The average Bonchev–Trinajstić information content (AvgIpc) is 3.35. The van der Waals surface area contributed by atoms with Gasteiger partial charge in [0.15, 0.2) is 0 Å². The number of nitrogens with zero attached hydrogens (tertiary/aromatic N) is 2. The highest BCUT2D eigenvalue weighted by atomic mass is 16.3. The number of hydrogen-bond donors (Lipinski definition) is 1. The number of benzene rings is 1.